The number of benzene rings is 1. The van der Waals surface area contributed by atoms with Gasteiger partial charge in [0.2, 0.25) is 16.8 Å². The summed E-state index contributed by atoms with van der Waals surface area (Å²) in [6, 6.07) is 10.4. The normalized spacial score (nSPS) is 11.2. The maximum atomic E-state index is 11.5. The summed E-state index contributed by atoms with van der Waals surface area (Å²) >= 11 is 4.68. The average molecular weight is 358 g/mol. The zero-order chi connectivity index (χ0) is 18.0. The van der Waals surface area contributed by atoms with Crippen LogP contribution in [0, 0.1) is 0 Å². The molecule has 0 radical (unpaired) electrons. The van der Waals surface area contributed by atoms with E-state index in [1.807, 2.05) is 18.2 Å². The van der Waals surface area contributed by atoms with Crippen LogP contribution in [0.3, 0.4) is 0 Å². The van der Waals surface area contributed by atoms with Gasteiger partial charge < -0.3 is 24.6 Å². The van der Waals surface area contributed by atoms with Gasteiger partial charge in [-0.25, -0.2) is 4.79 Å². The number of azo groups is 1. The fourth-order valence-corrected chi connectivity index (χ4v) is 2.50. The van der Waals surface area contributed by atoms with Crippen LogP contribution in [-0.2, 0) is 11.3 Å². The molecule has 0 spiro atoms. The number of furan rings is 1. The molecule has 0 saturated heterocycles. The third-order valence-electron chi connectivity index (χ3n) is 3.53. The number of hydrogen-bond donors (Lipinski definition) is 2. The molecule has 3 N–H and O–H groups in total. The highest BCUT2D eigenvalue weighted by Crippen LogP contribution is 2.39. The van der Waals surface area contributed by atoms with Gasteiger partial charge in [0.15, 0.2) is 5.69 Å². The molecule has 3 rings (SSSR count). The zero-order valence-electron chi connectivity index (χ0n) is 13.2. The molecule has 0 amide bonds. The number of thiocarbonyl (C=S) groups is 1. The van der Waals surface area contributed by atoms with Gasteiger partial charge in [-0.2, -0.15) is 0 Å². The highest BCUT2D eigenvalue weighted by Gasteiger charge is 2.18. The Morgan fingerprint density at radius 3 is 2.84 bits per heavy atom. The van der Waals surface area contributed by atoms with Crippen molar-refractivity contribution >= 4 is 39.9 Å². The molecule has 0 atom stereocenters. The molecule has 0 saturated carbocycles. The van der Waals surface area contributed by atoms with Gasteiger partial charge in [-0.15, -0.1) is 10.2 Å². The summed E-state index contributed by atoms with van der Waals surface area (Å²) in [4.78, 5) is 11.5. The number of fused-ring (bicyclic) bond motifs is 1. The number of esters is 1. The monoisotopic (exact) mass is 358 g/mol. The molecule has 128 valence electrons. The summed E-state index contributed by atoms with van der Waals surface area (Å²) in [5.41, 5.74) is 6.30. The molecule has 8 nitrogen and oxygen atoms in total. The van der Waals surface area contributed by atoms with Crippen molar-refractivity contribution in [3.05, 3.63) is 47.9 Å². The maximum absolute atomic E-state index is 11.5. The van der Waals surface area contributed by atoms with Crippen molar-refractivity contribution in [2.75, 3.05) is 7.11 Å². The third-order valence-corrected chi connectivity index (χ3v) is 3.61. The lowest BCUT2D eigenvalue weighted by Gasteiger charge is -2.04. The van der Waals surface area contributed by atoms with E-state index in [0.717, 1.165) is 0 Å². The van der Waals surface area contributed by atoms with Crippen LogP contribution >= 0.6 is 12.2 Å². The number of nitrogens with zero attached hydrogens (tertiary/aromatic N) is 3. The number of aromatic hydroxyl groups is 1. The maximum Gasteiger partial charge on any atom is 0.373 e. The zero-order valence-corrected chi connectivity index (χ0v) is 14.0. The smallest absolute Gasteiger partial charge is 0.373 e. The first-order valence-electron chi connectivity index (χ1n) is 7.19. The van der Waals surface area contributed by atoms with Crippen molar-refractivity contribution in [2.24, 2.45) is 16.0 Å². The fourth-order valence-electron chi connectivity index (χ4n) is 2.46. The summed E-state index contributed by atoms with van der Waals surface area (Å²) in [6.45, 7) is 0.186. The first-order valence-corrected chi connectivity index (χ1v) is 7.60. The predicted molar refractivity (Wildman–Crippen MR) is 94.1 cm³/mol. The molecule has 0 fully saturated rings. The Kier molecular flexibility index (Phi) is 4.48. The van der Waals surface area contributed by atoms with E-state index in [2.05, 4.69) is 27.2 Å². The lowest BCUT2D eigenvalue weighted by molar-refractivity contribution is 0.0563. The lowest BCUT2D eigenvalue weighted by Crippen LogP contribution is -2.01. The van der Waals surface area contributed by atoms with Crippen LogP contribution in [0.4, 0.5) is 5.69 Å². The molecule has 9 heteroatoms. The lowest BCUT2D eigenvalue weighted by atomic mass is 10.2. The van der Waals surface area contributed by atoms with E-state index in [1.165, 1.54) is 13.2 Å². The quantitative estimate of drug-likeness (QED) is 0.421. The first-order chi connectivity index (χ1) is 12.0. The molecule has 1 aromatic carbocycles. The van der Waals surface area contributed by atoms with E-state index in [0.29, 0.717) is 16.7 Å². The Morgan fingerprint density at radius 2 is 2.12 bits per heavy atom. The van der Waals surface area contributed by atoms with E-state index in [9.17, 15) is 9.90 Å². The highest BCUT2D eigenvalue weighted by molar-refractivity contribution is 7.80. The van der Waals surface area contributed by atoms with Crippen LogP contribution < -0.4 is 5.73 Å². The van der Waals surface area contributed by atoms with Gasteiger partial charge in [-0.3, -0.25) is 0 Å². The predicted octanol–water partition coefficient (Wildman–Crippen LogP) is 3.10. The molecule has 25 heavy (non-hydrogen) atoms. The molecule has 2 aromatic heterocycles. The number of ether oxygens (including phenoxy) is 1. The Morgan fingerprint density at radius 1 is 1.36 bits per heavy atom. The molecule has 2 heterocycles. The van der Waals surface area contributed by atoms with Gasteiger partial charge in [0.05, 0.1) is 19.2 Å². The second kappa shape index (κ2) is 6.73. The number of carbonyl (C=O) groups excluding carboxylic acids is 1. The second-order valence-electron chi connectivity index (χ2n) is 5.07. The van der Waals surface area contributed by atoms with Gasteiger partial charge in [0.25, 0.3) is 0 Å². The summed E-state index contributed by atoms with van der Waals surface area (Å²) in [5, 5.41) is 18.7. The number of carbonyl (C=O) groups is 1. The van der Waals surface area contributed by atoms with Gasteiger partial charge >= 0.3 is 5.97 Å². The molecular formula is C16H14N4O4S. The second-order valence-corrected chi connectivity index (χ2v) is 5.49. The van der Waals surface area contributed by atoms with Crippen LogP contribution in [0.5, 0.6) is 5.88 Å². The molecular weight excluding hydrogens is 344 g/mol. The van der Waals surface area contributed by atoms with Crippen LogP contribution in [0.15, 0.2) is 51.0 Å². The molecule has 3 aromatic rings. The number of rotatable bonds is 4. The molecule has 0 aliphatic heterocycles. The number of aromatic nitrogens is 1. The third kappa shape index (κ3) is 3.22. The molecule has 0 aliphatic rings. The van der Waals surface area contributed by atoms with E-state index >= 15 is 0 Å². The number of para-hydroxylation sites is 1. The van der Waals surface area contributed by atoms with Crippen molar-refractivity contribution in [1.29, 1.82) is 0 Å². The summed E-state index contributed by atoms with van der Waals surface area (Å²) in [7, 11) is 1.27. The largest absolute Gasteiger partial charge is 0.493 e. The van der Waals surface area contributed by atoms with Crippen molar-refractivity contribution in [2.45, 2.75) is 6.54 Å². The van der Waals surface area contributed by atoms with Crippen LogP contribution in [-0.4, -0.2) is 27.9 Å². The Hall–Kier alpha value is -3.20. The standard InChI is InChI=1S/C16H14N4O4S/c1-23-15(22)12-7-6-9(24-12)8-20-11-5-3-2-4-10(11)13(14(20)21)18-19-16(17)25/h2-7,21H,8H2,1H3,(H2,17,25). The Bertz CT molecular complexity index is 989. The van der Waals surface area contributed by atoms with E-state index in [-0.39, 0.29) is 29.0 Å². The summed E-state index contributed by atoms with van der Waals surface area (Å²) in [6.07, 6.45) is 0. The van der Waals surface area contributed by atoms with Crippen molar-refractivity contribution in [3.63, 3.8) is 0 Å². The fraction of sp³-hybridized carbons (Fsp3) is 0.125. The van der Waals surface area contributed by atoms with Gasteiger partial charge in [-0.1, -0.05) is 18.2 Å². The minimum absolute atomic E-state index is 0.0850. The average Bonchev–Trinajstić information content (AvgIpc) is 3.17. The number of nitrogens with two attached hydrogens (primary N) is 1. The van der Waals surface area contributed by atoms with Crippen LogP contribution in [0.1, 0.15) is 16.3 Å². The summed E-state index contributed by atoms with van der Waals surface area (Å²) < 4.78 is 11.6. The SMILES string of the molecule is COC(=O)c1ccc(Cn2c(O)c(N=NC(N)=S)c3ccccc32)o1. The van der Waals surface area contributed by atoms with E-state index in [4.69, 9.17) is 10.2 Å². The van der Waals surface area contributed by atoms with Gasteiger partial charge in [0, 0.05) is 5.39 Å². The number of methoxy groups -OCH3 is 1. The van der Waals surface area contributed by atoms with E-state index < -0.39 is 5.97 Å². The van der Waals surface area contributed by atoms with Crippen LogP contribution in [0.25, 0.3) is 10.9 Å². The van der Waals surface area contributed by atoms with Crippen molar-refractivity contribution in [1.82, 2.24) is 4.57 Å². The molecule has 0 unspecified atom stereocenters. The first kappa shape index (κ1) is 16.7. The molecule has 0 aliphatic carbocycles. The Labute approximate surface area is 147 Å². The minimum Gasteiger partial charge on any atom is -0.493 e. The van der Waals surface area contributed by atoms with Crippen molar-refractivity contribution in [3.8, 4) is 5.88 Å². The van der Waals surface area contributed by atoms with Crippen molar-refractivity contribution < 1.29 is 19.1 Å². The summed E-state index contributed by atoms with van der Waals surface area (Å²) in [5.74, 6) is -0.132. The number of hydrogen-bond acceptors (Lipinski definition) is 6. The molecule has 0 bridgehead atoms. The Balaban J connectivity index is 2.04. The highest BCUT2D eigenvalue weighted by atomic mass is 32.1. The van der Waals surface area contributed by atoms with E-state index in [1.54, 1.807) is 16.7 Å². The van der Waals surface area contributed by atoms with Crippen LogP contribution in [0.2, 0.25) is 0 Å². The van der Waals surface area contributed by atoms with Gasteiger partial charge in [-0.05, 0) is 30.4 Å². The van der Waals surface area contributed by atoms with Gasteiger partial charge in [0.1, 0.15) is 5.76 Å². The topological polar surface area (TPSA) is 115 Å². The minimum atomic E-state index is -0.571.